The van der Waals surface area contributed by atoms with E-state index in [1.54, 1.807) is 0 Å². The molecule has 0 aromatic carbocycles. The molecule has 3 heteroatoms. The summed E-state index contributed by atoms with van der Waals surface area (Å²) in [6.07, 6.45) is 0. The maximum Gasteiger partial charge on any atom is 0 e. The van der Waals surface area contributed by atoms with Crippen molar-refractivity contribution in [2.45, 2.75) is 7.43 Å². The summed E-state index contributed by atoms with van der Waals surface area (Å²) in [6, 6.07) is 0. The van der Waals surface area contributed by atoms with Crippen LogP contribution in [0.25, 0.3) is 0 Å². The van der Waals surface area contributed by atoms with Gasteiger partial charge in [-0.2, -0.15) is 0 Å². The summed E-state index contributed by atoms with van der Waals surface area (Å²) < 4.78 is 0. The molecule has 0 aromatic rings. The van der Waals surface area contributed by atoms with Gasteiger partial charge in [0.2, 0.25) is 0 Å². The molecular weight excluding hydrogens is 144 g/mol. The van der Waals surface area contributed by atoms with E-state index in [2.05, 4.69) is 0 Å². The molecule has 0 atom stereocenters. The molecule has 0 fully saturated rings. The Balaban J connectivity index is 0. The molecule has 4 radical (unpaired) electrons. The molecule has 24 valence electrons. The minimum atomic E-state index is 0. The van der Waals surface area contributed by atoms with Gasteiger partial charge in [0.1, 0.15) is 0 Å². The van der Waals surface area contributed by atoms with Crippen LogP contribution in [0, 0.1) is 0 Å². The van der Waals surface area contributed by atoms with E-state index in [1.807, 2.05) is 0 Å². The van der Waals surface area contributed by atoms with Gasteiger partial charge < -0.3 is 0 Å². The minimum Gasteiger partial charge on any atom is -0.0776 e. The zero-order valence-electron chi connectivity index (χ0n) is 1.35. The smallest absolute Gasteiger partial charge is 0 e. The molecule has 0 amide bonds. The van der Waals surface area contributed by atoms with Crippen molar-refractivity contribution < 1.29 is 38.8 Å². The van der Waals surface area contributed by atoms with E-state index in [4.69, 9.17) is 0 Å². The average Bonchev–Trinajstić information content (AvgIpc) is 0. The van der Waals surface area contributed by atoms with Gasteiger partial charge in [-0.15, -0.1) is 0 Å². The van der Waals surface area contributed by atoms with E-state index >= 15 is 0 Å². The van der Waals surface area contributed by atoms with Gasteiger partial charge in [-0.3, -0.25) is 0 Å². The maximum atomic E-state index is 0. The Hall–Kier alpha value is 1.45. The summed E-state index contributed by atoms with van der Waals surface area (Å²) in [5, 5.41) is 0. The van der Waals surface area contributed by atoms with E-state index in [0.717, 1.165) is 0 Å². The van der Waals surface area contributed by atoms with Crippen molar-refractivity contribution in [2.24, 2.45) is 0 Å². The first-order chi connectivity index (χ1) is 0. The van der Waals surface area contributed by atoms with E-state index in [0.29, 0.717) is 0 Å². The molecule has 0 saturated carbocycles. The fourth-order valence-corrected chi connectivity index (χ4v) is 0. The first-order valence-electron chi connectivity index (χ1n) is 0. The molecule has 0 aromatic heterocycles. The summed E-state index contributed by atoms with van der Waals surface area (Å²) in [7, 11) is 0. The van der Waals surface area contributed by atoms with Crippen molar-refractivity contribution in [1.29, 1.82) is 0 Å². The molecule has 0 aliphatic heterocycles. The van der Waals surface area contributed by atoms with Crippen molar-refractivity contribution >= 4 is 11.0 Å². The third kappa shape index (κ3) is 9.85. The molecule has 0 N–H and O–H groups in total. The van der Waals surface area contributed by atoms with Gasteiger partial charge in [0.25, 0.3) is 0 Å². The maximum absolute atomic E-state index is 0. The molecule has 0 aliphatic rings. The fraction of sp³-hybridized carbons (Fsp3) is 1.00. The largest absolute Gasteiger partial charge is 0.0776 e. The third-order valence-electron chi connectivity index (χ3n) is 0. The standard InChI is InChI=1S/CH4.Fe.Si.Ti/h1H4;;;. The summed E-state index contributed by atoms with van der Waals surface area (Å²) in [6.45, 7) is 0. The predicted molar refractivity (Wildman–Crippen MR) is 12.5 cm³/mol. The van der Waals surface area contributed by atoms with Gasteiger partial charge in [-0.25, -0.2) is 0 Å². The molecule has 0 bridgehead atoms. The van der Waals surface area contributed by atoms with Gasteiger partial charge in [-0.05, 0) is 0 Å². The van der Waals surface area contributed by atoms with Gasteiger partial charge in [0.05, 0.1) is 0 Å². The van der Waals surface area contributed by atoms with Crippen molar-refractivity contribution in [3.63, 3.8) is 0 Å². The molecule has 0 unspecified atom stereocenters. The van der Waals surface area contributed by atoms with Crippen LogP contribution >= 0.6 is 0 Å². The zero-order valence-corrected chi connectivity index (χ0v) is 5.02. The van der Waals surface area contributed by atoms with Gasteiger partial charge in [0, 0.05) is 49.8 Å². The van der Waals surface area contributed by atoms with Crippen LogP contribution in [-0.4, -0.2) is 11.0 Å². The van der Waals surface area contributed by atoms with E-state index in [1.165, 1.54) is 0 Å². The van der Waals surface area contributed by atoms with Gasteiger partial charge >= 0.3 is 0 Å². The normalized spacial score (nSPS) is 0. The van der Waals surface area contributed by atoms with Crippen LogP contribution in [0.5, 0.6) is 0 Å². The molecule has 0 saturated heterocycles. The molecule has 4 heavy (non-hydrogen) atoms. The predicted octanol–water partition coefficient (Wildman–Crippen LogP) is 0.250. The van der Waals surface area contributed by atoms with Crippen LogP contribution in [-0.2, 0) is 38.8 Å². The first kappa shape index (κ1) is 51.3. The molecule has 0 aliphatic carbocycles. The second-order valence-corrected chi connectivity index (χ2v) is 0. The Kier molecular flexibility index (Phi) is 323. The molecule has 0 heterocycles. The molecule has 0 nitrogen and oxygen atoms in total. The average molecular weight is 148 g/mol. The monoisotopic (exact) mass is 148 g/mol. The van der Waals surface area contributed by atoms with E-state index < -0.39 is 0 Å². The Morgan fingerprint density at radius 1 is 1.00 bits per heavy atom. The Labute approximate surface area is 57.1 Å². The third-order valence-corrected chi connectivity index (χ3v) is 0. The summed E-state index contributed by atoms with van der Waals surface area (Å²) in [5.74, 6) is 0. The van der Waals surface area contributed by atoms with E-state index in [9.17, 15) is 0 Å². The van der Waals surface area contributed by atoms with Crippen LogP contribution in [0.15, 0.2) is 0 Å². The van der Waals surface area contributed by atoms with Crippen molar-refractivity contribution in [3.8, 4) is 0 Å². The Morgan fingerprint density at radius 2 is 1.00 bits per heavy atom. The van der Waals surface area contributed by atoms with Crippen LogP contribution in [0.1, 0.15) is 7.43 Å². The van der Waals surface area contributed by atoms with E-state index in [-0.39, 0.29) is 57.2 Å². The summed E-state index contributed by atoms with van der Waals surface area (Å²) in [5.41, 5.74) is 0. The summed E-state index contributed by atoms with van der Waals surface area (Å²) in [4.78, 5) is 0. The zero-order chi connectivity index (χ0) is 0. The van der Waals surface area contributed by atoms with Crippen LogP contribution < -0.4 is 0 Å². The Morgan fingerprint density at radius 3 is 1.00 bits per heavy atom. The van der Waals surface area contributed by atoms with Crippen molar-refractivity contribution in [3.05, 3.63) is 0 Å². The van der Waals surface area contributed by atoms with Crippen molar-refractivity contribution in [1.82, 2.24) is 0 Å². The Bertz CT molecular complexity index is 8.00. The second-order valence-electron chi connectivity index (χ2n) is 0. The quantitative estimate of drug-likeness (QED) is 0.432. The van der Waals surface area contributed by atoms with Crippen molar-refractivity contribution in [2.75, 3.05) is 0 Å². The summed E-state index contributed by atoms with van der Waals surface area (Å²) >= 11 is 0. The molecular formula is CH4FeSiTi. The first-order valence-corrected chi connectivity index (χ1v) is 0. The fourth-order valence-electron chi connectivity index (χ4n) is 0. The minimum absolute atomic E-state index is 0. The topological polar surface area (TPSA) is 0 Å². The van der Waals surface area contributed by atoms with Gasteiger partial charge in [-0.1, -0.05) is 7.43 Å². The van der Waals surface area contributed by atoms with Crippen LogP contribution in [0.4, 0.5) is 0 Å². The van der Waals surface area contributed by atoms with Gasteiger partial charge in [0.15, 0.2) is 0 Å². The molecule has 0 spiro atoms. The van der Waals surface area contributed by atoms with Crippen LogP contribution in [0.2, 0.25) is 0 Å². The number of hydrogen-bond donors (Lipinski definition) is 0. The molecule has 0 rings (SSSR count). The number of hydrogen-bond acceptors (Lipinski definition) is 0. The van der Waals surface area contributed by atoms with Crippen LogP contribution in [0.3, 0.4) is 0 Å². The number of rotatable bonds is 0. The SMILES string of the molecule is C.[Fe].[Si].[Ti]. The second kappa shape index (κ2) is 25.2.